The SMILES string of the molecule is COCC(=O)N1CCC(c2nc3c(c(=O)[nH]2)CN(Cc2csc(C)c2)CC3)CC1. The molecule has 0 saturated carbocycles. The lowest BCUT2D eigenvalue weighted by molar-refractivity contribution is -0.136. The number of piperidine rings is 1. The molecular weight excluding hydrogens is 388 g/mol. The maximum Gasteiger partial charge on any atom is 0.255 e. The fourth-order valence-electron chi connectivity index (χ4n) is 4.28. The topological polar surface area (TPSA) is 78.5 Å². The molecule has 156 valence electrons. The molecule has 2 aliphatic rings. The third-order valence-corrected chi connectivity index (χ3v) is 6.77. The van der Waals surface area contributed by atoms with E-state index in [1.807, 2.05) is 4.90 Å². The number of aromatic amines is 1. The number of methoxy groups -OCH3 is 1. The van der Waals surface area contributed by atoms with Gasteiger partial charge in [-0.2, -0.15) is 0 Å². The van der Waals surface area contributed by atoms with Crippen molar-refractivity contribution >= 4 is 17.2 Å². The van der Waals surface area contributed by atoms with E-state index in [2.05, 4.69) is 28.3 Å². The maximum atomic E-state index is 12.8. The van der Waals surface area contributed by atoms with Crippen molar-refractivity contribution in [3.05, 3.63) is 49.3 Å². The molecule has 1 amide bonds. The van der Waals surface area contributed by atoms with Crippen LogP contribution < -0.4 is 5.56 Å². The average molecular weight is 417 g/mol. The average Bonchev–Trinajstić information content (AvgIpc) is 3.13. The predicted octanol–water partition coefficient (Wildman–Crippen LogP) is 2.05. The summed E-state index contributed by atoms with van der Waals surface area (Å²) < 4.78 is 4.94. The number of H-pyrrole nitrogens is 1. The van der Waals surface area contributed by atoms with Crippen molar-refractivity contribution in [1.82, 2.24) is 19.8 Å². The molecule has 2 aliphatic heterocycles. The molecule has 0 radical (unpaired) electrons. The minimum absolute atomic E-state index is 0.00547. The molecule has 1 N–H and O–H groups in total. The number of fused-ring (bicyclic) bond motifs is 1. The minimum atomic E-state index is -0.00547. The van der Waals surface area contributed by atoms with Crippen molar-refractivity contribution in [2.75, 3.05) is 33.4 Å². The predicted molar refractivity (Wildman–Crippen MR) is 112 cm³/mol. The van der Waals surface area contributed by atoms with Crippen LogP contribution in [0.1, 0.15) is 46.3 Å². The molecule has 8 heteroatoms. The van der Waals surface area contributed by atoms with E-state index in [9.17, 15) is 9.59 Å². The number of carbonyl (C=O) groups excluding carboxylic acids is 1. The smallest absolute Gasteiger partial charge is 0.255 e. The number of likely N-dealkylation sites (tertiary alicyclic amines) is 1. The highest BCUT2D eigenvalue weighted by atomic mass is 32.1. The molecule has 0 aromatic carbocycles. The first-order valence-corrected chi connectivity index (χ1v) is 11.1. The van der Waals surface area contributed by atoms with Gasteiger partial charge in [0.2, 0.25) is 5.91 Å². The molecule has 29 heavy (non-hydrogen) atoms. The van der Waals surface area contributed by atoms with Gasteiger partial charge in [-0.25, -0.2) is 4.98 Å². The second kappa shape index (κ2) is 8.77. The lowest BCUT2D eigenvalue weighted by Gasteiger charge is -2.32. The Morgan fingerprint density at radius 2 is 2.14 bits per heavy atom. The molecule has 2 aromatic heterocycles. The first kappa shape index (κ1) is 20.3. The zero-order valence-corrected chi connectivity index (χ0v) is 17.9. The summed E-state index contributed by atoms with van der Waals surface area (Å²) in [6, 6.07) is 2.22. The number of hydrogen-bond donors (Lipinski definition) is 1. The van der Waals surface area contributed by atoms with Gasteiger partial charge in [0, 0.05) is 57.0 Å². The molecule has 0 bridgehead atoms. The number of amides is 1. The number of nitrogens with one attached hydrogen (secondary N) is 1. The van der Waals surface area contributed by atoms with Gasteiger partial charge in [0.25, 0.3) is 5.56 Å². The maximum absolute atomic E-state index is 12.8. The molecule has 1 fully saturated rings. The van der Waals surface area contributed by atoms with Crippen LogP contribution in [0, 0.1) is 6.92 Å². The highest BCUT2D eigenvalue weighted by Crippen LogP contribution is 2.27. The van der Waals surface area contributed by atoms with Gasteiger partial charge in [-0.1, -0.05) is 0 Å². The molecule has 0 unspecified atom stereocenters. The summed E-state index contributed by atoms with van der Waals surface area (Å²) in [6.07, 6.45) is 2.45. The van der Waals surface area contributed by atoms with Crippen LogP contribution in [0.2, 0.25) is 0 Å². The van der Waals surface area contributed by atoms with Crippen LogP contribution >= 0.6 is 11.3 Å². The summed E-state index contributed by atoms with van der Waals surface area (Å²) in [5.74, 6) is 1.01. The van der Waals surface area contributed by atoms with Gasteiger partial charge in [-0.3, -0.25) is 14.5 Å². The van der Waals surface area contributed by atoms with Gasteiger partial charge >= 0.3 is 0 Å². The second-order valence-corrected chi connectivity index (χ2v) is 9.11. The first-order chi connectivity index (χ1) is 14.0. The van der Waals surface area contributed by atoms with Crippen molar-refractivity contribution < 1.29 is 9.53 Å². The largest absolute Gasteiger partial charge is 0.375 e. The highest BCUT2D eigenvalue weighted by molar-refractivity contribution is 7.10. The lowest BCUT2D eigenvalue weighted by Crippen LogP contribution is -2.41. The van der Waals surface area contributed by atoms with E-state index in [1.165, 1.54) is 17.6 Å². The fraction of sp³-hybridized carbons (Fsp3) is 0.571. The third-order valence-electron chi connectivity index (χ3n) is 5.86. The van der Waals surface area contributed by atoms with Gasteiger partial charge in [-0.05, 0) is 36.8 Å². The van der Waals surface area contributed by atoms with Gasteiger partial charge in [0.05, 0.1) is 11.3 Å². The van der Waals surface area contributed by atoms with E-state index in [4.69, 9.17) is 9.72 Å². The zero-order chi connectivity index (χ0) is 20.4. The van der Waals surface area contributed by atoms with Crippen LogP contribution in [-0.4, -0.2) is 59.0 Å². The normalized spacial score (nSPS) is 18.1. The van der Waals surface area contributed by atoms with Crippen molar-refractivity contribution in [3.63, 3.8) is 0 Å². The third kappa shape index (κ3) is 4.60. The molecule has 4 heterocycles. The molecule has 4 rings (SSSR count). The standard InChI is InChI=1S/C21H28N4O3S/c1-14-9-15(13-29-14)10-24-6-5-18-17(11-24)21(27)23-20(22-18)16-3-7-25(8-4-16)19(26)12-28-2/h9,13,16H,3-8,10-12H2,1-2H3,(H,22,23,27). The molecular formula is C21H28N4O3S. The van der Waals surface area contributed by atoms with Crippen LogP contribution in [-0.2, 0) is 29.0 Å². The summed E-state index contributed by atoms with van der Waals surface area (Å²) in [5, 5.41) is 2.19. The lowest BCUT2D eigenvalue weighted by atomic mass is 9.95. The molecule has 0 atom stereocenters. The number of hydrogen-bond acceptors (Lipinski definition) is 6. The zero-order valence-electron chi connectivity index (χ0n) is 17.1. The Bertz CT molecular complexity index is 930. The summed E-state index contributed by atoms with van der Waals surface area (Å²) in [5.41, 5.74) is 3.06. The number of ether oxygens (including phenoxy) is 1. The van der Waals surface area contributed by atoms with Crippen molar-refractivity contribution in [2.24, 2.45) is 0 Å². The van der Waals surface area contributed by atoms with E-state index in [0.717, 1.165) is 49.4 Å². The summed E-state index contributed by atoms with van der Waals surface area (Å²) >= 11 is 1.77. The Hall–Kier alpha value is -2.03. The Balaban J connectivity index is 1.42. The molecule has 7 nitrogen and oxygen atoms in total. The van der Waals surface area contributed by atoms with Crippen LogP contribution in [0.4, 0.5) is 0 Å². The monoisotopic (exact) mass is 416 g/mol. The van der Waals surface area contributed by atoms with Crippen LogP contribution in [0.3, 0.4) is 0 Å². The van der Waals surface area contributed by atoms with Gasteiger partial charge in [0.1, 0.15) is 12.4 Å². The molecule has 0 aliphatic carbocycles. The number of aryl methyl sites for hydroxylation is 1. The van der Waals surface area contributed by atoms with E-state index < -0.39 is 0 Å². The first-order valence-electron chi connectivity index (χ1n) is 10.2. The number of aromatic nitrogens is 2. The number of rotatable bonds is 5. The molecule has 2 aromatic rings. The van der Waals surface area contributed by atoms with Crippen LogP contribution in [0.25, 0.3) is 0 Å². The van der Waals surface area contributed by atoms with Crippen molar-refractivity contribution in [3.8, 4) is 0 Å². The van der Waals surface area contributed by atoms with E-state index in [1.54, 1.807) is 11.3 Å². The summed E-state index contributed by atoms with van der Waals surface area (Å²) in [6.45, 7) is 6.05. The Labute approximate surface area is 174 Å². The number of thiophene rings is 1. The van der Waals surface area contributed by atoms with Gasteiger partial charge in [-0.15, -0.1) is 11.3 Å². The van der Waals surface area contributed by atoms with Crippen LogP contribution in [0.5, 0.6) is 0 Å². The van der Waals surface area contributed by atoms with E-state index in [-0.39, 0.29) is 24.0 Å². The Morgan fingerprint density at radius 3 is 2.83 bits per heavy atom. The molecule has 1 saturated heterocycles. The van der Waals surface area contributed by atoms with Crippen molar-refractivity contribution in [1.29, 1.82) is 0 Å². The van der Waals surface area contributed by atoms with Crippen molar-refractivity contribution in [2.45, 2.75) is 45.2 Å². The second-order valence-electron chi connectivity index (χ2n) is 7.99. The summed E-state index contributed by atoms with van der Waals surface area (Å²) in [4.78, 5) is 38.1. The van der Waals surface area contributed by atoms with E-state index >= 15 is 0 Å². The Kier molecular flexibility index (Phi) is 6.12. The molecule has 0 spiro atoms. The summed E-state index contributed by atoms with van der Waals surface area (Å²) in [7, 11) is 1.54. The van der Waals surface area contributed by atoms with Crippen LogP contribution in [0.15, 0.2) is 16.2 Å². The van der Waals surface area contributed by atoms with Gasteiger partial charge in [0.15, 0.2) is 0 Å². The van der Waals surface area contributed by atoms with E-state index in [0.29, 0.717) is 19.6 Å². The number of carbonyl (C=O) groups is 1. The number of nitrogens with zero attached hydrogens (tertiary/aromatic N) is 3. The minimum Gasteiger partial charge on any atom is -0.375 e. The highest BCUT2D eigenvalue weighted by Gasteiger charge is 2.27. The quantitative estimate of drug-likeness (QED) is 0.807. The fourth-order valence-corrected chi connectivity index (χ4v) is 4.98. The van der Waals surface area contributed by atoms with Gasteiger partial charge < -0.3 is 14.6 Å². The Morgan fingerprint density at radius 1 is 1.34 bits per heavy atom.